The van der Waals surface area contributed by atoms with Gasteiger partial charge in [0, 0.05) is 23.7 Å². The van der Waals surface area contributed by atoms with Gasteiger partial charge in [-0.1, -0.05) is 6.07 Å². The summed E-state index contributed by atoms with van der Waals surface area (Å²) < 4.78 is 13.8. The molecule has 0 atom stereocenters. The Labute approximate surface area is 109 Å². The molecule has 1 fully saturated rings. The number of halogens is 1. The smallest absolute Gasteiger partial charge is 0.317 e. The number of primary amides is 1. The van der Waals surface area contributed by atoms with Gasteiger partial charge in [0.25, 0.3) is 0 Å². The molecule has 1 aliphatic carbocycles. The fourth-order valence-electron chi connectivity index (χ4n) is 1.98. The second-order valence-corrected chi connectivity index (χ2v) is 4.70. The summed E-state index contributed by atoms with van der Waals surface area (Å²) in [6.07, 6.45) is 1.88. The second kappa shape index (κ2) is 5.36. The van der Waals surface area contributed by atoms with Gasteiger partial charge in [0.2, 0.25) is 5.91 Å². The lowest BCUT2D eigenvalue weighted by Gasteiger charge is -2.20. The van der Waals surface area contributed by atoms with Crippen LogP contribution in [0.4, 0.5) is 4.39 Å². The lowest BCUT2D eigenvalue weighted by atomic mass is 10.1. The van der Waals surface area contributed by atoms with Gasteiger partial charge in [-0.25, -0.2) is 4.39 Å². The molecule has 6 heteroatoms. The number of carbonyl (C=O) groups is 2. The summed E-state index contributed by atoms with van der Waals surface area (Å²) in [7, 11) is 0. The Morgan fingerprint density at radius 3 is 2.58 bits per heavy atom. The van der Waals surface area contributed by atoms with Crippen LogP contribution >= 0.6 is 0 Å². The maximum atomic E-state index is 13.8. The topological polar surface area (TPSA) is 83.6 Å². The first-order chi connectivity index (χ1) is 8.97. The summed E-state index contributed by atoms with van der Waals surface area (Å²) in [4.78, 5) is 23.4. The molecule has 102 valence electrons. The zero-order chi connectivity index (χ0) is 14.0. The van der Waals surface area contributed by atoms with E-state index < -0.39 is 17.7 Å². The molecule has 3 N–H and O–H groups in total. The van der Waals surface area contributed by atoms with Crippen LogP contribution in [0, 0.1) is 5.82 Å². The number of nitrogens with two attached hydrogens (primary N) is 1. The van der Waals surface area contributed by atoms with Crippen LogP contribution in [0.15, 0.2) is 18.2 Å². The van der Waals surface area contributed by atoms with Crippen molar-refractivity contribution >= 4 is 11.9 Å². The van der Waals surface area contributed by atoms with Gasteiger partial charge in [-0.05, 0) is 25.0 Å². The molecule has 0 radical (unpaired) electrons. The van der Waals surface area contributed by atoms with Crippen molar-refractivity contribution in [3.8, 4) is 0 Å². The number of carbonyl (C=O) groups excluding carboxylic acids is 1. The van der Waals surface area contributed by atoms with Gasteiger partial charge in [0.05, 0.1) is 6.54 Å². The Bertz CT molecular complexity index is 515. The van der Waals surface area contributed by atoms with Crippen LogP contribution in [0.25, 0.3) is 0 Å². The molecule has 5 nitrogen and oxygen atoms in total. The summed E-state index contributed by atoms with van der Waals surface area (Å²) in [5, 5.41) is 8.83. The quantitative estimate of drug-likeness (QED) is 0.803. The molecule has 0 aromatic heterocycles. The molecule has 1 aromatic rings. The molecule has 1 amide bonds. The number of hydrogen-bond acceptors (Lipinski definition) is 3. The molecule has 1 aromatic carbocycles. The van der Waals surface area contributed by atoms with E-state index in [0.29, 0.717) is 5.56 Å². The minimum Gasteiger partial charge on any atom is -0.480 e. The molecule has 0 unspecified atom stereocenters. The first-order valence-electron chi connectivity index (χ1n) is 6.01. The predicted octanol–water partition coefficient (Wildman–Crippen LogP) is 0.974. The first kappa shape index (κ1) is 13.5. The van der Waals surface area contributed by atoms with E-state index in [1.807, 2.05) is 0 Å². The average molecular weight is 266 g/mol. The van der Waals surface area contributed by atoms with Crippen LogP contribution < -0.4 is 5.73 Å². The Kier molecular flexibility index (Phi) is 3.80. The van der Waals surface area contributed by atoms with Crippen LogP contribution in [-0.2, 0) is 11.3 Å². The zero-order valence-electron chi connectivity index (χ0n) is 10.3. The highest BCUT2D eigenvalue weighted by molar-refractivity contribution is 5.92. The maximum Gasteiger partial charge on any atom is 0.317 e. The van der Waals surface area contributed by atoms with Crippen LogP contribution in [0.5, 0.6) is 0 Å². The van der Waals surface area contributed by atoms with Gasteiger partial charge in [0.1, 0.15) is 5.82 Å². The van der Waals surface area contributed by atoms with E-state index in [9.17, 15) is 14.0 Å². The molecule has 0 saturated heterocycles. The van der Waals surface area contributed by atoms with Crippen molar-refractivity contribution in [2.24, 2.45) is 5.73 Å². The van der Waals surface area contributed by atoms with Crippen LogP contribution in [0.3, 0.4) is 0 Å². The molecule has 0 aliphatic heterocycles. The third-order valence-corrected chi connectivity index (χ3v) is 3.11. The maximum absolute atomic E-state index is 13.8. The largest absolute Gasteiger partial charge is 0.480 e. The van der Waals surface area contributed by atoms with E-state index >= 15 is 0 Å². The number of carboxylic acid groups (broad SMARTS) is 1. The number of amides is 1. The number of benzene rings is 1. The Morgan fingerprint density at radius 2 is 2.11 bits per heavy atom. The monoisotopic (exact) mass is 266 g/mol. The number of aliphatic carboxylic acids is 1. The zero-order valence-corrected chi connectivity index (χ0v) is 10.3. The van der Waals surface area contributed by atoms with Gasteiger partial charge in [-0.3, -0.25) is 14.5 Å². The van der Waals surface area contributed by atoms with Gasteiger partial charge in [-0.15, -0.1) is 0 Å². The number of rotatable bonds is 6. The van der Waals surface area contributed by atoms with Crippen molar-refractivity contribution in [3.05, 3.63) is 35.1 Å². The van der Waals surface area contributed by atoms with Crippen molar-refractivity contribution < 1.29 is 19.1 Å². The molecule has 0 bridgehead atoms. The molecular formula is C13H15FN2O3. The van der Waals surface area contributed by atoms with Gasteiger partial charge in [0.15, 0.2) is 0 Å². The third kappa shape index (κ3) is 3.51. The molecule has 1 saturated carbocycles. The SMILES string of the molecule is NC(=O)c1ccc(CN(CC(=O)O)C2CC2)c(F)c1. The number of nitrogens with zero attached hydrogens (tertiary/aromatic N) is 1. The molecule has 1 aliphatic rings. The van der Waals surface area contributed by atoms with Gasteiger partial charge in [-0.2, -0.15) is 0 Å². The lowest BCUT2D eigenvalue weighted by Crippen LogP contribution is -2.31. The van der Waals surface area contributed by atoms with E-state index in [2.05, 4.69) is 0 Å². The Balaban J connectivity index is 2.12. The highest BCUT2D eigenvalue weighted by Crippen LogP contribution is 2.28. The van der Waals surface area contributed by atoms with Crippen molar-refractivity contribution in [3.63, 3.8) is 0 Å². The highest BCUT2D eigenvalue weighted by atomic mass is 19.1. The van der Waals surface area contributed by atoms with Crippen LogP contribution in [0.1, 0.15) is 28.8 Å². The van der Waals surface area contributed by atoms with Gasteiger partial charge >= 0.3 is 5.97 Å². The Morgan fingerprint density at radius 1 is 1.42 bits per heavy atom. The second-order valence-electron chi connectivity index (χ2n) is 4.70. The summed E-state index contributed by atoms with van der Waals surface area (Å²) in [5.41, 5.74) is 5.55. The molecule has 0 heterocycles. The minimum atomic E-state index is -0.930. The van der Waals surface area contributed by atoms with Crippen molar-refractivity contribution in [2.75, 3.05) is 6.54 Å². The fraction of sp³-hybridized carbons (Fsp3) is 0.385. The summed E-state index contributed by atoms with van der Waals surface area (Å²) in [6, 6.07) is 4.23. The van der Waals surface area contributed by atoms with E-state index in [1.54, 1.807) is 4.90 Å². The standard InChI is InChI=1S/C13H15FN2O3/c14-11-5-8(13(15)19)1-2-9(11)6-16(7-12(17)18)10-3-4-10/h1-2,5,10H,3-4,6-7H2,(H2,15,19)(H,17,18). The summed E-state index contributed by atoms with van der Waals surface area (Å²) in [5.74, 6) is -2.15. The molecule has 19 heavy (non-hydrogen) atoms. The molecule has 0 spiro atoms. The van der Waals surface area contributed by atoms with Crippen LogP contribution in [-0.4, -0.2) is 34.5 Å². The average Bonchev–Trinajstić information content (AvgIpc) is 3.13. The van der Waals surface area contributed by atoms with Crippen molar-refractivity contribution in [2.45, 2.75) is 25.4 Å². The molecular weight excluding hydrogens is 251 g/mol. The van der Waals surface area contributed by atoms with E-state index in [-0.39, 0.29) is 24.7 Å². The highest BCUT2D eigenvalue weighted by Gasteiger charge is 2.30. The first-order valence-corrected chi connectivity index (χ1v) is 6.01. The van der Waals surface area contributed by atoms with Crippen molar-refractivity contribution in [1.29, 1.82) is 0 Å². The summed E-state index contributed by atoms with van der Waals surface area (Å²) >= 11 is 0. The van der Waals surface area contributed by atoms with E-state index in [0.717, 1.165) is 18.9 Å². The minimum absolute atomic E-state index is 0.109. The number of carboxylic acids is 1. The normalized spacial score (nSPS) is 14.6. The third-order valence-electron chi connectivity index (χ3n) is 3.11. The number of hydrogen-bond donors (Lipinski definition) is 2. The Hall–Kier alpha value is -1.95. The molecule has 2 rings (SSSR count). The van der Waals surface area contributed by atoms with E-state index in [4.69, 9.17) is 10.8 Å². The predicted molar refractivity (Wildman–Crippen MR) is 66.0 cm³/mol. The summed E-state index contributed by atoms with van der Waals surface area (Å²) in [6.45, 7) is 0.115. The van der Waals surface area contributed by atoms with E-state index in [1.165, 1.54) is 12.1 Å². The van der Waals surface area contributed by atoms with Crippen molar-refractivity contribution in [1.82, 2.24) is 4.90 Å². The van der Waals surface area contributed by atoms with Gasteiger partial charge < -0.3 is 10.8 Å². The fourth-order valence-corrected chi connectivity index (χ4v) is 1.98. The lowest BCUT2D eigenvalue weighted by molar-refractivity contribution is -0.138. The van der Waals surface area contributed by atoms with Crippen LogP contribution in [0.2, 0.25) is 0 Å².